The molecule has 1 aliphatic rings. The molecule has 1 fully saturated rings. The molecule has 0 radical (unpaired) electrons. The molecule has 22 heavy (non-hydrogen) atoms. The fraction of sp³-hybridized carbons (Fsp3) is 0.214. The van der Waals surface area contributed by atoms with Gasteiger partial charge in [0.25, 0.3) is 0 Å². The van der Waals surface area contributed by atoms with E-state index in [0.717, 1.165) is 12.1 Å². The lowest BCUT2D eigenvalue weighted by atomic mass is 10.2. The molecular weight excluding hydrogens is 320 g/mol. The smallest absolute Gasteiger partial charge is 0.183 e. The summed E-state index contributed by atoms with van der Waals surface area (Å²) in [5, 5.41) is 16.1. The Bertz CT molecular complexity index is 759. The molecule has 2 N–H and O–H groups in total. The van der Waals surface area contributed by atoms with Crippen molar-refractivity contribution in [2.45, 2.75) is 18.4 Å². The lowest BCUT2D eigenvalue weighted by Gasteiger charge is -2.10. The van der Waals surface area contributed by atoms with Crippen LogP contribution in [-0.2, 0) is 0 Å². The molecule has 110 valence electrons. The van der Waals surface area contributed by atoms with Crippen molar-refractivity contribution in [2.24, 2.45) is 0 Å². The Kier molecular flexibility index (Phi) is 4.13. The van der Waals surface area contributed by atoms with Gasteiger partial charge in [0.1, 0.15) is 6.07 Å². The van der Waals surface area contributed by atoms with Gasteiger partial charge in [0, 0.05) is 30.6 Å². The highest BCUT2D eigenvalue weighted by atomic mass is 35.5. The average Bonchev–Trinajstić information content (AvgIpc) is 3.27. The number of aromatic nitrogens is 3. The fourth-order valence-corrected chi connectivity index (χ4v) is 2.66. The molecular formula is C14H11ClN6S. The van der Waals surface area contributed by atoms with Crippen LogP contribution in [0.25, 0.3) is 0 Å². The van der Waals surface area contributed by atoms with E-state index in [1.165, 1.54) is 12.4 Å². The van der Waals surface area contributed by atoms with Crippen molar-refractivity contribution >= 4 is 34.7 Å². The fourth-order valence-electron chi connectivity index (χ4n) is 2.15. The van der Waals surface area contributed by atoms with Gasteiger partial charge in [-0.1, -0.05) is 11.6 Å². The standard InChI is InChI=1S/C14H11ClN6S/c15-9-2-1-3-18-12(9)8-6-10(8)20-14(22)21-13-11(7-16)17-4-5-19-13/h1-5,8,10H,6H2,(H2,19,20,21,22). The van der Waals surface area contributed by atoms with Crippen LogP contribution in [0.5, 0.6) is 0 Å². The van der Waals surface area contributed by atoms with Gasteiger partial charge in [0.15, 0.2) is 16.6 Å². The van der Waals surface area contributed by atoms with Crippen molar-refractivity contribution in [2.75, 3.05) is 5.32 Å². The van der Waals surface area contributed by atoms with Crippen LogP contribution in [0.15, 0.2) is 30.7 Å². The second kappa shape index (κ2) is 6.22. The molecule has 2 unspecified atom stereocenters. The zero-order chi connectivity index (χ0) is 15.5. The number of hydrogen-bond donors (Lipinski definition) is 2. The van der Waals surface area contributed by atoms with Crippen molar-refractivity contribution in [3.63, 3.8) is 0 Å². The van der Waals surface area contributed by atoms with Crippen LogP contribution >= 0.6 is 23.8 Å². The highest BCUT2D eigenvalue weighted by Gasteiger charge is 2.41. The maximum absolute atomic E-state index is 8.97. The normalized spacial score (nSPS) is 19.1. The van der Waals surface area contributed by atoms with Crippen LogP contribution in [0.2, 0.25) is 5.02 Å². The number of nitriles is 1. The topological polar surface area (TPSA) is 86.5 Å². The summed E-state index contributed by atoms with van der Waals surface area (Å²) >= 11 is 11.4. The number of nitrogens with zero attached hydrogens (tertiary/aromatic N) is 4. The Labute approximate surface area is 137 Å². The van der Waals surface area contributed by atoms with Gasteiger partial charge < -0.3 is 10.6 Å². The van der Waals surface area contributed by atoms with Crippen molar-refractivity contribution in [3.05, 3.63) is 47.1 Å². The minimum absolute atomic E-state index is 0.176. The van der Waals surface area contributed by atoms with Crippen LogP contribution in [-0.4, -0.2) is 26.1 Å². The molecule has 1 aliphatic carbocycles. The quantitative estimate of drug-likeness (QED) is 0.834. The first-order chi connectivity index (χ1) is 10.7. The first-order valence-corrected chi connectivity index (χ1v) is 7.36. The second-order valence-electron chi connectivity index (χ2n) is 4.78. The summed E-state index contributed by atoms with van der Waals surface area (Å²) in [6, 6.07) is 5.77. The summed E-state index contributed by atoms with van der Waals surface area (Å²) in [4.78, 5) is 12.3. The van der Waals surface area contributed by atoms with Gasteiger partial charge in [-0.3, -0.25) is 4.98 Å². The summed E-state index contributed by atoms with van der Waals surface area (Å²) in [5.74, 6) is 0.585. The number of pyridine rings is 1. The summed E-state index contributed by atoms with van der Waals surface area (Å²) in [6.07, 6.45) is 5.59. The lowest BCUT2D eigenvalue weighted by molar-refractivity contribution is 0.858. The molecule has 0 aliphatic heterocycles. The first kappa shape index (κ1) is 14.6. The van der Waals surface area contributed by atoms with Gasteiger partial charge in [-0.25, -0.2) is 9.97 Å². The van der Waals surface area contributed by atoms with Crippen molar-refractivity contribution in [1.29, 1.82) is 5.26 Å². The first-order valence-electron chi connectivity index (χ1n) is 6.58. The summed E-state index contributed by atoms with van der Waals surface area (Å²) in [5.41, 5.74) is 1.08. The molecule has 2 heterocycles. The maximum Gasteiger partial charge on any atom is 0.183 e. The number of halogens is 1. The number of hydrogen-bond acceptors (Lipinski definition) is 5. The van der Waals surface area contributed by atoms with E-state index >= 15 is 0 Å². The minimum atomic E-state index is 0.176. The van der Waals surface area contributed by atoms with Gasteiger partial charge in [-0.15, -0.1) is 0 Å². The molecule has 8 heteroatoms. The van der Waals surface area contributed by atoms with Crippen LogP contribution in [0.1, 0.15) is 23.7 Å². The van der Waals surface area contributed by atoms with Crippen LogP contribution in [0, 0.1) is 11.3 Å². The Hall–Kier alpha value is -2.30. The predicted molar refractivity (Wildman–Crippen MR) is 86.5 cm³/mol. The van der Waals surface area contributed by atoms with Crippen LogP contribution in [0.3, 0.4) is 0 Å². The summed E-state index contributed by atoms with van der Waals surface area (Å²) in [6.45, 7) is 0. The van der Waals surface area contributed by atoms with E-state index < -0.39 is 0 Å². The molecule has 6 nitrogen and oxygen atoms in total. The van der Waals surface area contributed by atoms with E-state index in [9.17, 15) is 0 Å². The third-order valence-electron chi connectivity index (χ3n) is 3.28. The largest absolute Gasteiger partial charge is 0.359 e. The van der Waals surface area contributed by atoms with Crippen molar-refractivity contribution in [3.8, 4) is 6.07 Å². The minimum Gasteiger partial charge on any atom is -0.359 e. The summed E-state index contributed by atoms with van der Waals surface area (Å²) in [7, 11) is 0. The second-order valence-corrected chi connectivity index (χ2v) is 5.60. The highest BCUT2D eigenvalue weighted by molar-refractivity contribution is 7.80. The Morgan fingerprint density at radius 2 is 2.14 bits per heavy atom. The number of nitrogens with one attached hydrogen (secondary N) is 2. The lowest BCUT2D eigenvalue weighted by Crippen LogP contribution is -2.31. The van der Waals surface area contributed by atoms with E-state index in [4.69, 9.17) is 29.1 Å². The van der Waals surface area contributed by atoms with Crippen molar-refractivity contribution in [1.82, 2.24) is 20.3 Å². The van der Waals surface area contributed by atoms with E-state index in [0.29, 0.717) is 16.0 Å². The zero-order valence-electron chi connectivity index (χ0n) is 11.3. The molecule has 0 spiro atoms. The number of anilines is 1. The predicted octanol–water partition coefficient (Wildman–Crippen LogP) is 2.24. The maximum atomic E-state index is 8.97. The van der Waals surface area contributed by atoms with E-state index in [1.807, 2.05) is 12.1 Å². The molecule has 2 aromatic heterocycles. The van der Waals surface area contributed by atoms with E-state index in [-0.39, 0.29) is 17.7 Å². The van der Waals surface area contributed by atoms with Gasteiger partial charge in [-0.2, -0.15) is 5.26 Å². The van der Waals surface area contributed by atoms with Gasteiger partial charge >= 0.3 is 0 Å². The molecule has 0 aromatic carbocycles. The molecule has 0 bridgehead atoms. The average molecular weight is 331 g/mol. The number of rotatable bonds is 3. The van der Waals surface area contributed by atoms with E-state index in [2.05, 4.69) is 25.6 Å². The Morgan fingerprint density at radius 3 is 2.91 bits per heavy atom. The van der Waals surface area contributed by atoms with Gasteiger partial charge in [-0.05, 0) is 30.8 Å². The van der Waals surface area contributed by atoms with Crippen molar-refractivity contribution < 1.29 is 0 Å². The molecule has 3 rings (SSSR count). The van der Waals surface area contributed by atoms with Gasteiger partial charge in [0.2, 0.25) is 0 Å². The van der Waals surface area contributed by atoms with Crippen LogP contribution < -0.4 is 10.6 Å². The molecule has 0 saturated heterocycles. The highest BCUT2D eigenvalue weighted by Crippen LogP contribution is 2.42. The third kappa shape index (κ3) is 3.13. The number of thiocarbonyl (C=S) groups is 1. The Balaban J connectivity index is 1.60. The SMILES string of the molecule is N#Cc1nccnc1NC(=S)NC1CC1c1ncccc1Cl. The molecule has 0 amide bonds. The summed E-state index contributed by atoms with van der Waals surface area (Å²) < 4.78 is 0. The van der Waals surface area contributed by atoms with Crippen LogP contribution in [0.4, 0.5) is 5.82 Å². The van der Waals surface area contributed by atoms with E-state index in [1.54, 1.807) is 12.3 Å². The van der Waals surface area contributed by atoms with Gasteiger partial charge in [0.05, 0.1) is 10.7 Å². The Morgan fingerprint density at radius 1 is 1.32 bits per heavy atom. The molecule has 2 aromatic rings. The monoisotopic (exact) mass is 330 g/mol. The molecule has 1 saturated carbocycles. The zero-order valence-corrected chi connectivity index (χ0v) is 12.9. The third-order valence-corrected chi connectivity index (χ3v) is 3.82. The molecule has 2 atom stereocenters.